The highest BCUT2D eigenvalue weighted by molar-refractivity contribution is 14.0. The Morgan fingerprint density at radius 2 is 1.81 bits per heavy atom. The first-order chi connectivity index (χ1) is 15.3. The van der Waals surface area contributed by atoms with E-state index in [2.05, 4.69) is 64.0 Å². The van der Waals surface area contributed by atoms with Crippen molar-refractivity contribution >= 4 is 29.9 Å². The molecule has 2 N–H and O–H groups in total. The number of hydrogen-bond acceptors (Lipinski definition) is 3. The van der Waals surface area contributed by atoms with E-state index in [0.717, 1.165) is 42.4 Å². The first-order valence-corrected chi connectivity index (χ1v) is 10.5. The maximum Gasteiger partial charge on any atom is 0.191 e. The first kappa shape index (κ1) is 23.5. The molecule has 0 aliphatic rings. The zero-order chi connectivity index (χ0) is 21.3. The Morgan fingerprint density at radius 3 is 2.53 bits per heavy atom. The van der Waals surface area contributed by atoms with Crippen molar-refractivity contribution in [2.45, 2.75) is 19.9 Å². The number of rotatable bonds is 8. The van der Waals surface area contributed by atoms with Crippen LogP contribution in [0.1, 0.15) is 18.1 Å². The van der Waals surface area contributed by atoms with Crippen LogP contribution < -0.4 is 10.6 Å². The van der Waals surface area contributed by atoms with E-state index in [0.29, 0.717) is 6.54 Å². The van der Waals surface area contributed by atoms with Gasteiger partial charge in [0.1, 0.15) is 0 Å². The predicted molar refractivity (Wildman–Crippen MR) is 139 cm³/mol. The van der Waals surface area contributed by atoms with Crippen LogP contribution in [-0.4, -0.2) is 38.4 Å². The Balaban J connectivity index is 0.00000289. The number of nitrogens with zero attached hydrogens (tertiary/aromatic N) is 5. The molecule has 0 bridgehead atoms. The average molecular weight is 541 g/mol. The van der Waals surface area contributed by atoms with Gasteiger partial charge in [-0.3, -0.25) is 0 Å². The summed E-state index contributed by atoms with van der Waals surface area (Å²) in [5, 5.41) is 11.0. The van der Waals surface area contributed by atoms with Crippen molar-refractivity contribution in [1.82, 2.24) is 30.0 Å². The molecule has 0 radical (unpaired) electrons. The number of aromatic nitrogens is 4. The molecular formula is C24H28IN7. The number of imidazole rings is 1. The van der Waals surface area contributed by atoms with Gasteiger partial charge in [-0.05, 0) is 48.7 Å². The van der Waals surface area contributed by atoms with Crippen molar-refractivity contribution in [2.75, 3.05) is 13.1 Å². The molecule has 2 aromatic carbocycles. The molecule has 4 rings (SSSR count). The van der Waals surface area contributed by atoms with Gasteiger partial charge in [-0.1, -0.05) is 30.3 Å². The Bertz CT molecular complexity index is 1090. The molecule has 0 aliphatic heterocycles. The van der Waals surface area contributed by atoms with Crippen LogP contribution >= 0.6 is 24.0 Å². The number of halogens is 1. The van der Waals surface area contributed by atoms with Crippen LogP contribution in [0.2, 0.25) is 0 Å². The molecule has 2 heterocycles. The molecule has 0 saturated heterocycles. The number of nitrogens with one attached hydrogen (secondary N) is 2. The Morgan fingerprint density at radius 1 is 0.969 bits per heavy atom. The lowest BCUT2D eigenvalue weighted by Crippen LogP contribution is -2.38. The molecule has 7 nitrogen and oxygen atoms in total. The van der Waals surface area contributed by atoms with Crippen LogP contribution in [0, 0.1) is 0 Å². The Kier molecular flexibility index (Phi) is 8.85. The van der Waals surface area contributed by atoms with Gasteiger partial charge in [0.2, 0.25) is 0 Å². The second-order valence-corrected chi connectivity index (χ2v) is 7.09. The van der Waals surface area contributed by atoms with Crippen LogP contribution in [0.15, 0.2) is 90.7 Å². The highest BCUT2D eigenvalue weighted by atomic mass is 127. The van der Waals surface area contributed by atoms with Crippen molar-refractivity contribution in [3.05, 3.63) is 96.8 Å². The summed E-state index contributed by atoms with van der Waals surface area (Å²) in [6, 6.07) is 18.6. The highest BCUT2D eigenvalue weighted by Crippen LogP contribution is 2.15. The topological polar surface area (TPSA) is 72.1 Å². The minimum Gasteiger partial charge on any atom is -0.357 e. The van der Waals surface area contributed by atoms with Gasteiger partial charge in [0.25, 0.3) is 0 Å². The summed E-state index contributed by atoms with van der Waals surface area (Å²) in [6.45, 7) is 4.27. The molecule has 8 heteroatoms. The van der Waals surface area contributed by atoms with Gasteiger partial charge in [-0.2, -0.15) is 5.10 Å². The van der Waals surface area contributed by atoms with E-state index >= 15 is 0 Å². The van der Waals surface area contributed by atoms with Crippen molar-refractivity contribution in [3.8, 4) is 11.4 Å². The van der Waals surface area contributed by atoms with Crippen molar-refractivity contribution in [1.29, 1.82) is 0 Å². The van der Waals surface area contributed by atoms with Gasteiger partial charge in [0, 0.05) is 37.9 Å². The lowest BCUT2D eigenvalue weighted by atomic mass is 10.1. The van der Waals surface area contributed by atoms with E-state index in [4.69, 9.17) is 4.99 Å². The largest absolute Gasteiger partial charge is 0.357 e. The maximum atomic E-state index is 4.78. The summed E-state index contributed by atoms with van der Waals surface area (Å²) in [5.41, 5.74) is 4.57. The van der Waals surface area contributed by atoms with Crippen LogP contribution in [0.3, 0.4) is 0 Å². The van der Waals surface area contributed by atoms with E-state index < -0.39 is 0 Å². The van der Waals surface area contributed by atoms with Crippen LogP contribution in [0.4, 0.5) is 0 Å². The van der Waals surface area contributed by atoms with E-state index in [1.165, 1.54) is 5.56 Å². The SMILES string of the molecule is CCNC(=NCc1ccccc1-n1ccnc1)NCCc1ccc(-n2cccn2)cc1.I. The Labute approximate surface area is 205 Å². The standard InChI is InChI=1S/C24H27N7.HI/c1-2-26-24(28-18-21-6-3-4-7-23(21)30-17-15-25-19-30)27-14-12-20-8-10-22(11-9-20)31-16-5-13-29-31;/h3-11,13,15-17,19H,2,12,14,18H2,1H3,(H2,26,27,28);1H. The number of hydrogen-bond donors (Lipinski definition) is 2. The van der Waals surface area contributed by atoms with Gasteiger partial charge in [0.15, 0.2) is 5.96 Å². The summed E-state index contributed by atoms with van der Waals surface area (Å²) in [6.07, 6.45) is 10.2. The third kappa shape index (κ3) is 6.19. The fraction of sp³-hybridized carbons (Fsp3) is 0.208. The van der Waals surface area contributed by atoms with Crippen LogP contribution in [-0.2, 0) is 13.0 Å². The van der Waals surface area contributed by atoms with Crippen molar-refractivity contribution in [3.63, 3.8) is 0 Å². The third-order valence-corrected chi connectivity index (χ3v) is 4.94. The predicted octanol–water partition coefficient (Wildman–Crippen LogP) is 3.97. The normalized spacial score (nSPS) is 11.1. The number of benzene rings is 2. The second kappa shape index (κ2) is 12.0. The molecule has 0 spiro atoms. The molecule has 0 amide bonds. The summed E-state index contributed by atoms with van der Waals surface area (Å²) in [5.74, 6) is 0.816. The fourth-order valence-corrected chi connectivity index (χ4v) is 3.37. The smallest absolute Gasteiger partial charge is 0.191 e. The quantitative estimate of drug-likeness (QED) is 0.201. The minimum atomic E-state index is 0. The molecule has 0 atom stereocenters. The average Bonchev–Trinajstić information content (AvgIpc) is 3.53. The number of para-hydroxylation sites is 1. The van der Waals surface area contributed by atoms with Gasteiger partial charge < -0.3 is 15.2 Å². The van der Waals surface area contributed by atoms with Gasteiger partial charge >= 0.3 is 0 Å². The fourth-order valence-electron chi connectivity index (χ4n) is 3.37. The van der Waals surface area contributed by atoms with Gasteiger partial charge in [0.05, 0.1) is 24.2 Å². The highest BCUT2D eigenvalue weighted by Gasteiger charge is 2.04. The van der Waals surface area contributed by atoms with E-state index in [1.807, 2.05) is 46.2 Å². The molecule has 2 aromatic heterocycles. The monoisotopic (exact) mass is 541 g/mol. The molecule has 4 aromatic rings. The summed E-state index contributed by atoms with van der Waals surface area (Å²) in [7, 11) is 0. The van der Waals surface area contributed by atoms with Crippen molar-refractivity contribution in [2.24, 2.45) is 4.99 Å². The summed E-state index contributed by atoms with van der Waals surface area (Å²) >= 11 is 0. The maximum absolute atomic E-state index is 4.78. The van der Waals surface area contributed by atoms with Crippen LogP contribution in [0.25, 0.3) is 11.4 Å². The molecule has 0 unspecified atom stereocenters. The number of aliphatic imine (C=N–C) groups is 1. The van der Waals surface area contributed by atoms with E-state index in [9.17, 15) is 0 Å². The zero-order valence-electron chi connectivity index (χ0n) is 18.1. The van der Waals surface area contributed by atoms with E-state index in [-0.39, 0.29) is 24.0 Å². The second-order valence-electron chi connectivity index (χ2n) is 7.09. The number of guanidine groups is 1. The molecular weight excluding hydrogens is 513 g/mol. The molecule has 0 saturated carbocycles. The zero-order valence-corrected chi connectivity index (χ0v) is 20.4. The minimum absolute atomic E-state index is 0. The molecule has 0 fully saturated rings. The van der Waals surface area contributed by atoms with Gasteiger partial charge in [-0.15, -0.1) is 24.0 Å². The lowest BCUT2D eigenvalue weighted by molar-refractivity contribution is 0.798. The lowest BCUT2D eigenvalue weighted by Gasteiger charge is -2.13. The molecule has 32 heavy (non-hydrogen) atoms. The van der Waals surface area contributed by atoms with Gasteiger partial charge in [-0.25, -0.2) is 14.7 Å². The van der Waals surface area contributed by atoms with E-state index in [1.54, 1.807) is 12.4 Å². The molecule has 0 aliphatic carbocycles. The molecule has 166 valence electrons. The Hall–Kier alpha value is -3.14. The van der Waals surface area contributed by atoms with Crippen molar-refractivity contribution < 1.29 is 0 Å². The summed E-state index contributed by atoms with van der Waals surface area (Å²) < 4.78 is 3.87. The summed E-state index contributed by atoms with van der Waals surface area (Å²) in [4.78, 5) is 8.93. The van der Waals surface area contributed by atoms with Crippen LogP contribution in [0.5, 0.6) is 0 Å². The first-order valence-electron chi connectivity index (χ1n) is 10.5. The third-order valence-electron chi connectivity index (χ3n) is 4.94.